The van der Waals surface area contributed by atoms with Gasteiger partial charge in [0.1, 0.15) is 0 Å². The van der Waals surface area contributed by atoms with Crippen molar-refractivity contribution in [2.75, 3.05) is 47.9 Å². The minimum absolute atomic E-state index is 0.0572. The van der Waals surface area contributed by atoms with Crippen molar-refractivity contribution in [2.45, 2.75) is 38.4 Å². The van der Waals surface area contributed by atoms with Gasteiger partial charge in [-0.3, -0.25) is 4.79 Å². The average molecular weight is 433 g/mol. The van der Waals surface area contributed by atoms with Crippen LogP contribution < -0.4 is 10.2 Å². The number of rotatable bonds is 6. The fraction of sp³-hybridized carbons (Fsp3) is 0.632. The van der Waals surface area contributed by atoms with E-state index < -0.39 is 21.6 Å². The van der Waals surface area contributed by atoms with Gasteiger partial charge < -0.3 is 15.1 Å². The van der Waals surface area contributed by atoms with Crippen LogP contribution in [0.5, 0.6) is 0 Å². The Bertz CT molecular complexity index is 852. The number of sulfone groups is 1. The molecule has 0 aromatic heterocycles. The summed E-state index contributed by atoms with van der Waals surface area (Å²) in [7, 11) is -3.14. The van der Waals surface area contributed by atoms with Crippen LogP contribution in [0.1, 0.15) is 31.7 Å². The van der Waals surface area contributed by atoms with Crippen molar-refractivity contribution in [3.05, 3.63) is 23.8 Å². The van der Waals surface area contributed by atoms with Gasteiger partial charge in [-0.05, 0) is 44.4 Å². The molecule has 0 aliphatic carbocycles. The van der Waals surface area contributed by atoms with E-state index in [1.807, 2.05) is 4.90 Å². The average Bonchev–Trinajstić information content (AvgIpc) is 3.29. The van der Waals surface area contributed by atoms with Gasteiger partial charge in [0, 0.05) is 25.7 Å². The van der Waals surface area contributed by atoms with Gasteiger partial charge in [0.15, 0.2) is 9.84 Å². The summed E-state index contributed by atoms with van der Waals surface area (Å²) in [6.07, 6.45) is -2.14. The van der Waals surface area contributed by atoms with E-state index in [1.165, 1.54) is 11.0 Å². The summed E-state index contributed by atoms with van der Waals surface area (Å²) in [5, 5.41) is 2.88. The predicted octanol–water partition coefficient (Wildman–Crippen LogP) is 2.75. The minimum atomic E-state index is -4.47. The maximum atomic E-state index is 13.2. The zero-order valence-electron chi connectivity index (χ0n) is 16.3. The molecule has 1 unspecified atom stereocenters. The minimum Gasteiger partial charge on any atom is -0.374 e. The number of benzene rings is 1. The topological polar surface area (TPSA) is 69.7 Å². The first-order chi connectivity index (χ1) is 13.6. The molecule has 1 atom stereocenters. The van der Waals surface area contributed by atoms with Crippen LogP contribution in [0.2, 0.25) is 0 Å². The van der Waals surface area contributed by atoms with E-state index >= 15 is 0 Å². The molecule has 1 aromatic carbocycles. The summed E-state index contributed by atoms with van der Waals surface area (Å²) in [5.74, 6) is -0.323. The molecule has 2 fully saturated rings. The molecular formula is C19H26F3N3O3S. The van der Waals surface area contributed by atoms with Crippen molar-refractivity contribution < 1.29 is 26.4 Å². The van der Waals surface area contributed by atoms with Gasteiger partial charge in [-0.15, -0.1) is 0 Å². The molecule has 1 amide bonds. The quantitative estimate of drug-likeness (QED) is 0.747. The highest BCUT2D eigenvalue weighted by atomic mass is 32.2. The number of likely N-dealkylation sites (N-methyl/N-ethyl adjacent to an activating group) is 1. The third-order valence-corrected chi connectivity index (χ3v) is 7.26. The fourth-order valence-corrected chi connectivity index (χ4v) is 5.75. The van der Waals surface area contributed by atoms with Gasteiger partial charge >= 0.3 is 6.18 Å². The Balaban J connectivity index is 1.76. The van der Waals surface area contributed by atoms with Gasteiger partial charge in [-0.2, -0.15) is 13.2 Å². The normalized spacial score (nSPS) is 21.4. The Morgan fingerprint density at radius 3 is 2.52 bits per heavy atom. The third-order valence-electron chi connectivity index (χ3n) is 5.51. The van der Waals surface area contributed by atoms with Crippen molar-refractivity contribution in [1.29, 1.82) is 0 Å². The van der Waals surface area contributed by atoms with Gasteiger partial charge in [0.25, 0.3) is 0 Å². The number of amides is 1. The van der Waals surface area contributed by atoms with Crippen LogP contribution in [-0.4, -0.2) is 63.0 Å². The number of carbonyl (C=O) groups is 1. The van der Waals surface area contributed by atoms with Gasteiger partial charge in [0.2, 0.25) is 5.91 Å². The second-order valence-corrected chi connectivity index (χ2v) is 9.74. The number of carbonyl (C=O) groups excluding carboxylic acids is 1. The fourth-order valence-electron chi connectivity index (χ4n) is 4.02. The standard InChI is InChI=1S/C19H26F3N3O3S/c1-2-25(15-7-10-29(27,28)13-15)18(26)12-23-16-11-14(19(20,21)22)5-6-17(16)24-8-3-4-9-24/h5-6,11,15,23H,2-4,7-10,12-13H2,1H3. The van der Waals surface area contributed by atoms with Crippen LogP contribution in [-0.2, 0) is 20.8 Å². The molecule has 1 N–H and O–H groups in total. The molecule has 2 saturated heterocycles. The lowest BCUT2D eigenvalue weighted by Crippen LogP contribution is -2.43. The summed E-state index contributed by atoms with van der Waals surface area (Å²) in [6, 6.07) is 3.17. The monoisotopic (exact) mass is 433 g/mol. The van der Waals surface area contributed by atoms with Crippen LogP contribution in [0, 0.1) is 0 Å². The number of nitrogens with one attached hydrogen (secondary N) is 1. The highest BCUT2D eigenvalue weighted by molar-refractivity contribution is 7.91. The number of hydrogen-bond acceptors (Lipinski definition) is 5. The van der Waals surface area contributed by atoms with E-state index in [4.69, 9.17) is 0 Å². The van der Waals surface area contributed by atoms with Crippen LogP contribution in [0.3, 0.4) is 0 Å². The lowest BCUT2D eigenvalue weighted by Gasteiger charge is -2.28. The molecular weight excluding hydrogens is 407 g/mol. The zero-order chi connectivity index (χ0) is 21.2. The molecule has 1 aromatic rings. The van der Waals surface area contributed by atoms with E-state index in [1.54, 1.807) is 6.92 Å². The van der Waals surface area contributed by atoms with E-state index in [0.29, 0.717) is 18.7 Å². The first-order valence-electron chi connectivity index (χ1n) is 9.80. The van der Waals surface area contributed by atoms with E-state index in [9.17, 15) is 26.4 Å². The number of anilines is 2. The molecule has 2 aliphatic heterocycles. The number of halogens is 3. The summed E-state index contributed by atoms with van der Waals surface area (Å²) >= 11 is 0. The Labute approximate surface area is 169 Å². The Morgan fingerprint density at radius 2 is 1.97 bits per heavy atom. The Kier molecular flexibility index (Phi) is 6.30. The molecule has 0 radical (unpaired) electrons. The van der Waals surface area contributed by atoms with Crippen LogP contribution >= 0.6 is 0 Å². The molecule has 6 nitrogen and oxygen atoms in total. The zero-order valence-corrected chi connectivity index (χ0v) is 17.2. The molecule has 29 heavy (non-hydrogen) atoms. The third kappa shape index (κ3) is 5.15. The number of nitrogens with zero attached hydrogens (tertiary/aromatic N) is 2. The Morgan fingerprint density at radius 1 is 1.28 bits per heavy atom. The molecule has 2 heterocycles. The molecule has 2 aliphatic rings. The summed E-state index contributed by atoms with van der Waals surface area (Å²) in [4.78, 5) is 16.2. The van der Waals surface area contributed by atoms with Crippen molar-refractivity contribution in [3.8, 4) is 0 Å². The van der Waals surface area contributed by atoms with E-state index in [-0.39, 0.29) is 35.7 Å². The van der Waals surface area contributed by atoms with Gasteiger partial charge in [-0.1, -0.05) is 0 Å². The summed E-state index contributed by atoms with van der Waals surface area (Å²) in [5.41, 5.74) is 0.143. The van der Waals surface area contributed by atoms with Crippen molar-refractivity contribution in [3.63, 3.8) is 0 Å². The number of alkyl halides is 3. The predicted molar refractivity (Wildman–Crippen MR) is 106 cm³/mol. The molecule has 0 bridgehead atoms. The molecule has 10 heteroatoms. The lowest BCUT2D eigenvalue weighted by molar-refractivity contribution is -0.137. The smallest absolute Gasteiger partial charge is 0.374 e. The largest absolute Gasteiger partial charge is 0.416 e. The lowest BCUT2D eigenvalue weighted by atomic mass is 10.1. The van der Waals surface area contributed by atoms with Crippen LogP contribution in [0.4, 0.5) is 24.5 Å². The first-order valence-corrected chi connectivity index (χ1v) is 11.6. The van der Waals surface area contributed by atoms with Gasteiger partial charge in [0.05, 0.1) is 35.0 Å². The molecule has 0 saturated carbocycles. The first kappa shape index (κ1) is 21.7. The molecule has 0 spiro atoms. The highest BCUT2D eigenvalue weighted by Crippen LogP contribution is 2.36. The second-order valence-electron chi connectivity index (χ2n) is 7.51. The van der Waals surface area contributed by atoms with Gasteiger partial charge in [-0.25, -0.2) is 8.42 Å². The summed E-state index contributed by atoms with van der Waals surface area (Å²) in [6.45, 7) is 3.45. The van der Waals surface area contributed by atoms with Crippen molar-refractivity contribution >= 4 is 27.1 Å². The maximum Gasteiger partial charge on any atom is 0.416 e. The van der Waals surface area contributed by atoms with Crippen LogP contribution in [0.15, 0.2) is 18.2 Å². The van der Waals surface area contributed by atoms with Crippen molar-refractivity contribution in [1.82, 2.24) is 4.90 Å². The summed E-state index contributed by atoms with van der Waals surface area (Å²) < 4.78 is 62.9. The number of hydrogen-bond donors (Lipinski definition) is 1. The highest BCUT2D eigenvalue weighted by Gasteiger charge is 2.34. The Hall–Kier alpha value is -1.97. The van der Waals surface area contributed by atoms with E-state index in [0.717, 1.165) is 38.1 Å². The SMILES string of the molecule is CCN(C(=O)CNc1cc(C(F)(F)F)ccc1N1CCCC1)C1CCS(=O)(=O)C1. The maximum absolute atomic E-state index is 13.2. The van der Waals surface area contributed by atoms with Crippen molar-refractivity contribution in [2.24, 2.45) is 0 Å². The molecule has 162 valence electrons. The van der Waals surface area contributed by atoms with Crippen LogP contribution in [0.25, 0.3) is 0 Å². The molecule has 3 rings (SSSR count). The second kappa shape index (κ2) is 8.41. The van der Waals surface area contributed by atoms with E-state index in [2.05, 4.69) is 5.32 Å².